The maximum absolute atomic E-state index is 10.3. The van der Waals surface area contributed by atoms with Gasteiger partial charge in [-0.2, -0.15) is 0 Å². The molecule has 0 N–H and O–H groups in total. The molecular weight excluding hydrogens is 136 g/mol. The Morgan fingerprint density at radius 2 is 2.67 bits per heavy atom. The molecule has 9 heavy (non-hydrogen) atoms. The standard InChI is InChI=1S/C6H8O2S/c1-5(7)8-6-3-2-4-9-6/h2-3,6H,4H2,1H3. The molecule has 0 aromatic rings. The predicted molar refractivity (Wildman–Crippen MR) is 37.2 cm³/mol. The zero-order chi connectivity index (χ0) is 6.69. The van der Waals surface area contributed by atoms with E-state index in [9.17, 15) is 4.79 Å². The highest BCUT2D eigenvalue weighted by atomic mass is 32.2. The van der Waals surface area contributed by atoms with Crippen molar-refractivity contribution >= 4 is 17.7 Å². The van der Waals surface area contributed by atoms with Crippen LogP contribution in [0.25, 0.3) is 0 Å². The lowest BCUT2D eigenvalue weighted by atomic mass is 10.5. The van der Waals surface area contributed by atoms with E-state index in [1.807, 2.05) is 12.2 Å². The van der Waals surface area contributed by atoms with Crippen LogP contribution in [-0.4, -0.2) is 17.2 Å². The van der Waals surface area contributed by atoms with Crippen molar-refractivity contribution in [2.45, 2.75) is 12.4 Å². The lowest BCUT2D eigenvalue weighted by molar-refractivity contribution is -0.140. The summed E-state index contributed by atoms with van der Waals surface area (Å²) in [5, 5.41) is 0. The summed E-state index contributed by atoms with van der Waals surface area (Å²) in [5.41, 5.74) is -0.0255. The first kappa shape index (κ1) is 6.68. The van der Waals surface area contributed by atoms with Crippen LogP contribution < -0.4 is 0 Å². The van der Waals surface area contributed by atoms with Gasteiger partial charge in [0.25, 0.3) is 0 Å². The summed E-state index contributed by atoms with van der Waals surface area (Å²) in [7, 11) is 0. The maximum atomic E-state index is 10.3. The van der Waals surface area contributed by atoms with Crippen LogP contribution in [0.1, 0.15) is 6.92 Å². The van der Waals surface area contributed by atoms with Crippen molar-refractivity contribution in [1.82, 2.24) is 0 Å². The lowest BCUT2D eigenvalue weighted by Crippen LogP contribution is -2.06. The highest BCUT2D eigenvalue weighted by molar-refractivity contribution is 8.00. The first-order chi connectivity index (χ1) is 4.29. The lowest BCUT2D eigenvalue weighted by Gasteiger charge is -2.05. The average Bonchev–Trinajstić information content (AvgIpc) is 2.15. The number of hydrogen-bond donors (Lipinski definition) is 0. The van der Waals surface area contributed by atoms with Gasteiger partial charge in [-0.25, -0.2) is 0 Å². The van der Waals surface area contributed by atoms with E-state index in [1.165, 1.54) is 6.92 Å². The van der Waals surface area contributed by atoms with Gasteiger partial charge in [-0.3, -0.25) is 4.79 Å². The largest absolute Gasteiger partial charge is 0.447 e. The quantitative estimate of drug-likeness (QED) is 0.408. The van der Waals surface area contributed by atoms with Gasteiger partial charge in [0, 0.05) is 12.7 Å². The Balaban J connectivity index is 2.28. The molecule has 2 nitrogen and oxygen atoms in total. The Bertz CT molecular complexity index is 142. The van der Waals surface area contributed by atoms with Crippen LogP contribution in [0.3, 0.4) is 0 Å². The molecule has 0 spiro atoms. The monoisotopic (exact) mass is 144 g/mol. The van der Waals surface area contributed by atoms with Crippen molar-refractivity contribution in [1.29, 1.82) is 0 Å². The molecule has 0 saturated carbocycles. The van der Waals surface area contributed by atoms with Crippen LogP contribution in [0.15, 0.2) is 12.2 Å². The topological polar surface area (TPSA) is 26.3 Å². The minimum absolute atomic E-state index is 0.0255. The van der Waals surface area contributed by atoms with Crippen molar-refractivity contribution in [2.24, 2.45) is 0 Å². The highest BCUT2D eigenvalue weighted by Crippen LogP contribution is 2.19. The second-order valence-corrected chi connectivity index (χ2v) is 2.87. The molecule has 1 aliphatic rings. The summed E-state index contributed by atoms with van der Waals surface area (Å²) in [6.07, 6.45) is 3.89. The van der Waals surface area contributed by atoms with Crippen LogP contribution in [0.4, 0.5) is 0 Å². The molecule has 1 rings (SSSR count). The van der Waals surface area contributed by atoms with Crippen LogP contribution >= 0.6 is 11.8 Å². The first-order valence-corrected chi connectivity index (χ1v) is 3.79. The Labute approximate surface area is 58.3 Å². The van der Waals surface area contributed by atoms with Gasteiger partial charge in [0.1, 0.15) is 0 Å². The van der Waals surface area contributed by atoms with Crippen molar-refractivity contribution < 1.29 is 9.53 Å². The second kappa shape index (κ2) is 2.92. The molecule has 1 unspecified atom stereocenters. The molecule has 0 bridgehead atoms. The molecule has 0 aliphatic carbocycles. The third-order valence-electron chi connectivity index (χ3n) is 0.932. The van der Waals surface area contributed by atoms with Gasteiger partial charge in [0.2, 0.25) is 0 Å². The smallest absolute Gasteiger partial charge is 0.304 e. The molecule has 0 aromatic heterocycles. The van der Waals surface area contributed by atoms with E-state index in [0.29, 0.717) is 0 Å². The zero-order valence-electron chi connectivity index (χ0n) is 5.16. The van der Waals surface area contributed by atoms with Gasteiger partial charge >= 0.3 is 5.97 Å². The average molecular weight is 144 g/mol. The van der Waals surface area contributed by atoms with E-state index in [1.54, 1.807) is 11.8 Å². The third kappa shape index (κ3) is 2.10. The highest BCUT2D eigenvalue weighted by Gasteiger charge is 2.10. The molecule has 0 fully saturated rings. The van der Waals surface area contributed by atoms with Crippen molar-refractivity contribution in [3.05, 3.63) is 12.2 Å². The summed E-state index contributed by atoms with van der Waals surface area (Å²) >= 11 is 1.62. The number of hydrogen-bond acceptors (Lipinski definition) is 3. The summed E-state index contributed by atoms with van der Waals surface area (Å²) in [5.74, 6) is 0.747. The van der Waals surface area contributed by atoms with E-state index in [-0.39, 0.29) is 11.4 Å². The fourth-order valence-electron chi connectivity index (χ4n) is 0.609. The normalized spacial score (nSPS) is 24.3. The number of rotatable bonds is 1. The molecule has 1 aliphatic heterocycles. The van der Waals surface area contributed by atoms with Gasteiger partial charge in [-0.05, 0) is 6.08 Å². The van der Waals surface area contributed by atoms with E-state index in [2.05, 4.69) is 0 Å². The Morgan fingerprint density at radius 1 is 1.89 bits per heavy atom. The fourth-order valence-corrected chi connectivity index (χ4v) is 1.45. The Morgan fingerprint density at radius 3 is 3.11 bits per heavy atom. The summed E-state index contributed by atoms with van der Waals surface area (Å²) in [4.78, 5) is 10.3. The molecular formula is C6H8O2S. The SMILES string of the molecule is CC(=O)OC1C=CCS1. The van der Waals surface area contributed by atoms with Gasteiger partial charge in [0.05, 0.1) is 0 Å². The molecule has 0 amide bonds. The minimum Gasteiger partial charge on any atom is -0.447 e. The van der Waals surface area contributed by atoms with Gasteiger partial charge in [-0.15, -0.1) is 11.8 Å². The Kier molecular flexibility index (Phi) is 2.16. The van der Waals surface area contributed by atoms with Crippen molar-refractivity contribution in [3.63, 3.8) is 0 Å². The summed E-state index contributed by atoms with van der Waals surface area (Å²) < 4.78 is 4.85. The maximum Gasteiger partial charge on any atom is 0.304 e. The molecule has 1 atom stereocenters. The van der Waals surface area contributed by atoms with Gasteiger partial charge < -0.3 is 4.74 Å². The van der Waals surface area contributed by atoms with E-state index >= 15 is 0 Å². The van der Waals surface area contributed by atoms with Crippen molar-refractivity contribution in [2.75, 3.05) is 5.75 Å². The van der Waals surface area contributed by atoms with Crippen LogP contribution in [-0.2, 0) is 9.53 Å². The minimum atomic E-state index is -0.209. The van der Waals surface area contributed by atoms with E-state index in [4.69, 9.17) is 4.74 Å². The van der Waals surface area contributed by atoms with Crippen LogP contribution in [0, 0.1) is 0 Å². The second-order valence-electron chi connectivity index (χ2n) is 1.74. The first-order valence-electron chi connectivity index (χ1n) is 2.74. The molecule has 0 aromatic carbocycles. The summed E-state index contributed by atoms with van der Waals surface area (Å²) in [6.45, 7) is 1.42. The number of carbonyl (C=O) groups is 1. The number of thioether (sulfide) groups is 1. The van der Waals surface area contributed by atoms with Gasteiger partial charge in [0.15, 0.2) is 5.44 Å². The third-order valence-corrected chi connectivity index (χ3v) is 1.90. The molecule has 0 saturated heterocycles. The molecule has 3 heteroatoms. The van der Waals surface area contributed by atoms with E-state index < -0.39 is 0 Å². The molecule has 0 radical (unpaired) electrons. The molecule has 50 valence electrons. The molecule has 1 heterocycles. The van der Waals surface area contributed by atoms with Gasteiger partial charge in [-0.1, -0.05) is 6.08 Å². The predicted octanol–water partition coefficient (Wildman–Crippen LogP) is 1.18. The Hall–Kier alpha value is -0.440. The summed E-state index contributed by atoms with van der Waals surface area (Å²) in [6, 6.07) is 0. The van der Waals surface area contributed by atoms with Crippen molar-refractivity contribution in [3.8, 4) is 0 Å². The van der Waals surface area contributed by atoms with E-state index in [0.717, 1.165) is 5.75 Å². The number of carbonyl (C=O) groups excluding carboxylic acids is 1. The fraction of sp³-hybridized carbons (Fsp3) is 0.500. The van der Waals surface area contributed by atoms with Crippen LogP contribution in [0.5, 0.6) is 0 Å². The zero-order valence-corrected chi connectivity index (χ0v) is 5.98. The number of ether oxygens (including phenoxy) is 1. The van der Waals surface area contributed by atoms with Crippen LogP contribution in [0.2, 0.25) is 0 Å². The number of esters is 1.